The Labute approximate surface area is 125 Å². The SMILES string of the molecule is CC1(C)CCC[C@]2(C)C(=O)[C@](C)(O[Si](C)(C)C)CC=C12. The molecule has 20 heavy (non-hydrogen) atoms. The summed E-state index contributed by atoms with van der Waals surface area (Å²) in [6.45, 7) is 15.2. The molecular formula is C17H30O2Si. The largest absolute Gasteiger partial charge is 0.405 e. The molecule has 114 valence electrons. The molecule has 0 amide bonds. The summed E-state index contributed by atoms with van der Waals surface area (Å²) < 4.78 is 6.31. The number of carbonyl (C=O) groups is 1. The highest BCUT2D eigenvalue weighted by Crippen LogP contribution is 2.55. The van der Waals surface area contributed by atoms with Crippen LogP contribution in [0.2, 0.25) is 19.6 Å². The van der Waals surface area contributed by atoms with Gasteiger partial charge in [0.2, 0.25) is 0 Å². The molecule has 2 rings (SSSR count). The summed E-state index contributed by atoms with van der Waals surface area (Å²) in [6, 6.07) is 0. The van der Waals surface area contributed by atoms with Crippen LogP contribution in [0.25, 0.3) is 0 Å². The molecule has 0 aliphatic heterocycles. The van der Waals surface area contributed by atoms with Crippen molar-refractivity contribution in [3.8, 4) is 0 Å². The smallest absolute Gasteiger partial charge is 0.185 e. The fourth-order valence-corrected chi connectivity index (χ4v) is 5.90. The van der Waals surface area contributed by atoms with Gasteiger partial charge in [-0.2, -0.15) is 0 Å². The molecule has 0 spiro atoms. The van der Waals surface area contributed by atoms with Gasteiger partial charge < -0.3 is 4.43 Å². The van der Waals surface area contributed by atoms with E-state index in [4.69, 9.17) is 4.43 Å². The maximum Gasteiger partial charge on any atom is 0.185 e. The van der Waals surface area contributed by atoms with Crippen LogP contribution in [0.1, 0.15) is 53.4 Å². The third kappa shape index (κ3) is 2.55. The molecule has 2 nitrogen and oxygen atoms in total. The minimum atomic E-state index is -1.73. The maximum absolute atomic E-state index is 13.2. The Morgan fingerprint density at radius 3 is 2.25 bits per heavy atom. The summed E-state index contributed by atoms with van der Waals surface area (Å²) >= 11 is 0. The van der Waals surface area contributed by atoms with Gasteiger partial charge in [0, 0.05) is 6.42 Å². The van der Waals surface area contributed by atoms with Gasteiger partial charge in [0.1, 0.15) is 5.60 Å². The van der Waals surface area contributed by atoms with Crippen LogP contribution in [-0.4, -0.2) is 19.7 Å². The average molecular weight is 295 g/mol. The van der Waals surface area contributed by atoms with Crippen LogP contribution in [0.4, 0.5) is 0 Å². The Kier molecular flexibility index (Phi) is 3.62. The average Bonchev–Trinajstić information content (AvgIpc) is 2.22. The van der Waals surface area contributed by atoms with Crippen molar-refractivity contribution in [1.82, 2.24) is 0 Å². The Balaban J connectivity index is 2.43. The van der Waals surface area contributed by atoms with E-state index in [9.17, 15) is 4.79 Å². The number of ketones is 1. The minimum Gasteiger partial charge on any atom is -0.405 e. The van der Waals surface area contributed by atoms with E-state index in [0.29, 0.717) is 5.78 Å². The molecule has 2 atom stereocenters. The number of allylic oxidation sites excluding steroid dienone is 1. The second kappa shape index (κ2) is 4.54. The molecule has 0 aromatic heterocycles. The van der Waals surface area contributed by atoms with E-state index in [2.05, 4.69) is 46.5 Å². The number of fused-ring (bicyclic) bond motifs is 1. The second-order valence-corrected chi connectivity index (χ2v) is 13.1. The zero-order valence-electron chi connectivity index (χ0n) is 14.2. The zero-order valence-corrected chi connectivity index (χ0v) is 15.2. The Morgan fingerprint density at radius 2 is 1.70 bits per heavy atom. The summed E-state index contributed by atoms with van der Waals surface area (Å²) in [4.78, 5) is 13.2. The van der Waals surface area contributed by atoms with E-state index >= 15 is 0 Å². The first-order valence-electron chi connectivity index (χ1n) is 7.87. The topological polar surface area (TPSA) is 26.3 Å². The number of Topliss-reactive ketones (excluding diaryl/α,β-unsaturated/α-hetero) is 1. The molecule has 0 radical (unpaired) electrons. The van der Waals surface area contributed by atoms with Gasteiger partial charge in [0.25, 0.3) is 0 Å². The van der Waals surface area contributed by atoms with Crippen LogP contribution in [-0.2, 0) is 9.22 Å². The summed E-state index contributed by atoms with van der Waals surface area (Å²) in [6.07, 6.45) is 6.36. The monoisotopic (exact) mass is 294 g/mol. The van der Waals surface area contributed by atoms with Crippen molar-refractivity contribution in [2.24, 2.45) is 10.8 Å². The van der Waals surface area contributed by atoms with Crippen molar-refractivity contribution in [2.45, 2.75) is 78.6 Å². The van der Waals surface area contributed by atoms with Gasteiger partial charge in [-0.3, -0.25) is 4.79 Å². The molecule has 0 N–H and O–H groups in total. The van der Waals surface area contributed by atoms with Crippen molar-refractivity contribution in [3.63, 3.8) is 0 Å². The summed E-state index contributed by atoms with van der Waals surface area (Å²) in [5.41, 5.74) is 0.589. The number of rotatable bonds is 2. The van der Waals surface area contributed by atoms with Gasteiger partial charge in [0.05, 0.1) is 5.41 Å². The molecule has 0 bridgehead atoms. The molecule has 0 unspecified atom stereocenters. The van der Waals surface area contributed by atoms with E-state index in [1.54, 1.807) is 0 Å². The van der Waals surface area contributed by atoms with Crippen LogP contribution < -0.4 is 0 Å². The molecule has 0 aromatic rings. The highest BCUT2D eigenvalue weighted by Gasteiger charge is 2.55. The molecule has 0 aromatic carbocycles. The molecule has 2 aliphatic rings. The van der Waals surface area contributed by atoms with Gasteiger partial charge in [-0.1, -0.05) is 31.9 Å². The van der Waals surface area contributed by atoms with Crippen LogP contribution in [0.5, 0.6) is 0 Å². The van der Waals surface area contributed by atoms with Crippen molar-refractivity contribution < 1.29 is 9.22 Å². The van der Waals surface area contributed by atoms with Crippen molar-refractivity contribution >= 4 is 14.1 Å². The third-order valence-corrected chi connectivity index (χ3v) is 6.07. The van der Waals surface area contributed by atoms with Crippen LogP contribution in [0, 0.1) is 10.8 Å². The zero-order chi connectivity index (χ0) is 15.4. The maximum atomic E-state index is 13.2. The molecule has 0 heterocycles. The Bertz CT molecular complexity index is 458. The summed E-state index contributed by atoms with van der Waals surface area (Å²) in [5.74, 6) is 0.317. The molecule has 1 saturated carbocycles. The molecule has 3 heteroatoms. The number of hydrogen-bond donors (Lipinski definition) is 0. The second-order valence-electron chi connectivity index (χ2n) is 8.67. The molecule has 0 saturated heterocycles. The van der Waals surface area contributed by atoms with E-state index in [0.717, 1.165) is 19.3 Å². The van der Waals surface area contributed by atoms with Crippen LogP contribution >= 0.6 is 0 Å². The summed E-state index contributed by atoms with van der Waals surface area (Å²) in [7, 11) is -1.73. The van der Waals surface area contributed by atoms with E-state index in [1.807, 2.05) is 6.92 Å². The lowest BCUT2D eigenvalue weighted by atomic mass is 9.54. The minimum absolute atomic E-state index is 0.156. The van der Waals surface area contributed by atoms with Gasteiger partial charge in [0.15, 0.2) is 14.1 Å². The lowest BCUT2D eigenvalue weighted by Crippen LogP contribution is -2.56. The first-order chi connectivity index (χ1) is 8.91. The lowest BCUT2D eigenvalue weighted by molar-refractivity contribution is -0.145. The molecule has 1 fully saturated rings. The molecular weight excluding hydrogens is 264 g/mol. The lowest BCUT2D eigenvalue weighted by Gasteiger charge is -2.52. The predicted octanol–water partition coefficient (Wildman–Crippen LogP) is 4.71. The fraction of sp³-hybridized carbons (Fsp3) is 0.824. The Hall–Kier alpha value is -0.413. The first kappa shape index (κ1) is 16.0. The van der Waals surface area contributed by atoms with E-state index in [1.165, 1.54) is 12.0 Å². The quantitative estimate of drug-likeness (QED) is 0.544. The Morgan fingerprint density at radius 1 is 1.10 bits per heavy atom. The van der Waals surface area contributed by atoms with Crippen molar-refractivity contribution in [1.29, 1.82) is 0 Å². The van der Waals surface area contributed by atoms with Crippen LogP contribution in [0.3, 0.4) is 0 Å². The van der Waals surface area contributed by atoms with Crippen molar-refractivity contribution in [3.05, 3.63) is 11.6 Å². The standard InChI is InChI=1S/C17H30O2Si/c1-15(2)10-8-11-16(3)13(15)9-12-17(4,14(16)18)19-20(5,6)7/h9H,8,10-12H2,1-7H3/t16-,17+/m0/s1. The predicted molar refractivity (Wildman–Crippen MR) is 86.3 cm³/mol. The van der Waals surface area contributed by atoms with Crippen LogP contribution in [0.15, 0.2) is 11.6 Å². The van der Waals surface area contributed by atoms with Gasteiger partial charge in [-0.05, 0) is 51.7 Å². The number of carbonyl (C=O) groups excluding carboxylic acids is 1. The normalized spacial score (nSPS) is 37.4. The third-order valence-electron chi connectivity index (χ3n) is 5.01. The fourth-order valence-electron chi connectivity index (χ4n) is 4.37. The highest BCUT2D eigenvalue weighted by atomic mass is 28.4. The van der Waals surface area contributed by atoms with Gasteiger partial charge in [-0.15, -0.1) is 0 Å². The van der Waals surface area contributed by atoms with Gasteiger partial charge in [-0.25, -0.2) is 0 Å². The van der Waals surface area contributed by atoms with Crippen molar-refractivity contribution in [2.75, 3.05) is 0 Å². The van der Waals surface area contributed by atoms with E-state index in [-0.39, 0.29) is 10.8 Å². The first-order valence-corrected chi connectivity index (χ1v) is 11.3. The van der Waals surface area contributed by atoms with Gasteiger partial charge >= 0.3 is 0 Å². The summed E-state index contributed by atoms with van der Waals surface area (Å²) in [5, 5.41) is 0. The number of hydrogen-bond acceptors (Lipinski definition) is 2. The van der Waals surface area contributed by atoms with E-state index < -0.39 is 13.9 Å². The highest BCUT2D eigenvalue weighted by molar-refractivity contribution is 6.70. The molecule has 2 aliphatic carbocycles.